The SMILES string of the molecule is CC(C)(N)[C@@H]1CN(c2ccc3c(c2)Cn2cc(-c4ccc(C#N)cc4)cc2-c2nccn2-3)C(=O)O1. The molecule has 2 aromatic carbocycles. The molecule has 1 atom stereocenters. The number of carbonyl (C=O) groups excluding carboxylic acids is 1. The van der Waals surface area contributed by atoms with Crippen LogP contribution in [0.1, 0.15) is 25.0 Å². The van der Waals surface area contributed by atoms with Gasteiger partial charge < -0.3 is 15.0 Å². The summed E-state index contributed by atoms with van der Waals surface area (Å²) in [7, 11) is 0. The molecule has 0 unspecified atom stereocenters. The van der Waals surface area contributed by atoms with E-state index in [-0.39, 0.29) is 12.2 Å². The zero-order chi connectivity index (χ0) is 24.3. The molecular formula is C27H24N6O2. The molecule has 2 aliphatic rings. The van der Waals surface area contributed by atoms with Crippen LogP contribution in [-0.4, -0.2) is 38.4 Å². The van der Waals surface area contributed by atoms with Crippen LogP contribution in [0.2, 0.25) is 0 Å². The summed E-state index contributed by atoms with van der Waals surface area (Å²) in [5, 5.41) is 9.11. The lowest BCUT2D eigenvalue weighted by Crippen LogP contribution is -2.47. The predicted octanol–water partition coefficient (Wildman–Crippen LogP) is 4.30. The third-order valence-corrected chi connectivity index (χ3v) is 6.73. The fraction of sp³-hybridized carbons (Fsp3) is 0.222. The molecule has 2 N–H and O–H groups in total. The van der Waals surface area contributed by atoms with E-state index in [1.54, 1.807) is 11.1 Å². The second-order valence-electron chi connectivity index (χ2n) is 9.67. The Morgan fingerprint density at radius 2 is 1.94 bits per heavy atom. The fourth-order valence-corrected chi connectivity index (χ4v) is 4.76. The molecule has 35 heavy (non-hydrogen) atoms. The molecular weight excluding hydrogens is 440 g/mol. The Balaban J connectivity index is 1.40. The van der Waals surface area contributed by atoms with Gasteiger partial charge in [0.05, 0.1) is 29.6 Å². The molecule has 0 radical (unpaired) electrons. The molecule has 8 nitrogen and oxygen atoms in total. The summed E-state index contributed by atoms with van der Waals surface area (Å²) in [5.74, 6) is 0.849. The smallest absolute Gasteiger partial charge is 0.414 e. The Morgan fingerprint density at radius 3 is 2.66 bits per heavy atom. The molecule has 0 aliphatic carbocycles. The summed E-state index contributed by atoms with van der Waals surface area (Å²) in [5.41, 5.74) is 12.2. The average molecular weight is 465 g/mol. The standard InChI is InChI=1S/C27H24N6O2/c1-27(2,29)24-16-33(26(34)35-24)21-7-8-22-20(11-21)15-31-14-19(18-5-3-17(13-28)4-6-18)12-23(31)25-30-9-10-32(22)25/h3-12,14,24H,15-16,29H2,1-2H3/t24-/m0/s1. The zero-order valence-corrected chi connectivity index (χ0v) is 19.5. The first kappa shape index (κ1) is 21.2. The van der Waals surface area contributed by atoms with Crippen LogP contribution in [0.25, 0.3) is 28.3 Å². The normalized spacial score (nSPS) is 16.7. The predicted molar refractivity (Wildman–Crippen MR) is 132 cm³/mol. The van der Waals surface area contributed by atoms with Crippen molar-refractivity contribution in [2.45, 2.75) is 32.0 Å². The lowest BCUT2D eigenvalue weighted by molar-refractivity contribution is 0.102. The lowest BCUT2D eigenvalue weighted by atomic mass is 9.99. The number of cyclic esters (lactones) is 1. The molecule has 0 spiro atoms. The summed E-state index contributed by atoms with van der Waals surface area (Å²) < 4.78 is 9.81. The number of ether oxygens (including phenoxy) is 1. The number of nitrogens with two attached hydrogens (primary N) is 1. The number of anilines is 1. The van der Waals surface area contributed by atoms with Crippen LogP contribution in [0, 0.1) is 11.3 Å². The minimum Gasteiger partial charge on any atom is -0.442 e. The summed E-state index contributed by atoms with van der Waals surface area (Å²) in [6, 6.07) is 17.9. The van der Waals surface area contributed by atoms with Crippen molar-refractivity contribution < 1.29 is 9.53 Å². The van der Waals surface area contributed by atoms with Crippen molar-refractivity contribution in [3.63, 3.8) is 0 Å². The Hall–Kier alpha value is -4.35. The number of imidazole rings is 1. The highest BCUT2D eigenvalue weighted by Gasteiger charge is 2.40. The van der Waals surface area contributed by atoms with Gasteiger partial charge in [-0.25, -0.2) is 9.78 Å². The van der Waals surface area contributed by atoms with Crippen molar-refractivity contribution in [1.29, 1.82) is 5.26 Å². The fourth-order valence-electron chi connectivity index (χ4n) is 4.76. The van der Waals surface area contributed by atoms with E-state index in [0.29, 0.717) is 18.7 Å². The summed E-state index contributed by atoms with van der Waals surface area (Å²) >= 11 is 0. The number of nitrogens with zero attached hydrogens (tertiary/aromatic N) is 5. The minimum atomic E-state index is -0.621. The molecule has 8 heteroatoms. The number of amides is 1. The molecule has 2 aromatic heterocycles. The highest BCUT2D eigenvalue weighted by atomic mass is 16.6. The lowest BCUT2D eigenvalue weighted by Gasteiger charge is -2.24. The number of hydrogen-bond donors (Lipinski definition) is 1. The van der Waals surface area contributed by atoms with E-state index < -0.39 is 5.54 Å². The van der Waals surface area contributed by atoms with Gasteiger partial charge in [-0.2, -0.15) is 5.26 Å². The summed E-state index contributed by atoms with van der Waals surface area (Å²) in [6.45, 7) is 4.76. The van der Waals surface area contributed by atoms with E-state index in [9.17, 15) is 4.79 Å². The van der Waals surface area contributed by atoms with Crippen LogP contribution >= 0.6 is 0 Å². The molecule has 0 saturated carbocycles. The van der Waals surface area contributed by atoms with E-state index in [2.05, 4.69) is 32.5 Å². The third kappa shape index (κ3) is 3.49. The number of carbonyl (C=O) groups is 1. The highest BCUT2D eigenvalue weighted by molar-refractivity contribution is 5.90. The Labute approximate surface area is 202 Å². The molecule has 174 valence electrons. The maximum Gasteiger partial charge on any atom is 0.414 e. The topological polar surface area (TPSA) is 102 Å². The van der Waals surface area contributed by atoms with Crippen LogP contribution in [0.15, 0.2) is 67.1 Å². The number of hydrogen-bond acceptors (Lipinski definition) is 5. The first-order valence-electron chi connectivity index (χ1n) is 11.5. The van der Waals surface area contributed by atoms with Gasteiger partial charge in [0.25, 0.3) is 0 Å². The second kappa shape index (κ2) is 7.58. The highest BCUT2D eigenvalue weighted by Crippen LogP contribution is 2.36. The maximum absolute atomic E-state index is 12.6. The quantitative estimate of drug-likeness (QED) is 0.429. The van der Waals surface area contributed by atoms with Gasteiger partial charge in [-0.05, 0) is 61.4 Å². The molecule has 1 fully saturated rings. The molecule has 4 aromatic rings. The van der Waals surface area contributed by atoms with Crippen LogP contribution in [-0.2, 0) is 11.3 Å². The van der Waals surface area contributed by atoms with Crippen molar-refractivity contribution in [2.75, 3.05) is 11.4 Å². The molecule has 1 amide bonds. The van der Waals surface area contributed by atoms with Gasteiger partial charge in [0.15, 0.2) is 5.82 Å². The zero-order valence-electron chi connectivity index (χ0n) is 19.5. The monoisotopic (exact) mass is 464 g/mol. The van der Waals surface area contributed by atoms with Crippen LogP contribution in [0.5, 0.6) is 0 Å². The van der Waals surface area contributed by atoms with Gasteiger partial charge in [0.2, 0.25) is 0 Å². The Bertz CT molecular complexity index is 1500. The van der Waals surface area contributed by atoms with Crippen LogP contribution in [0.3, 0.4) is 0 Å². The Kier molecular flexibility index (Phi) is 4.59. The maximum atomic E-state index is 12.6. The van der Waals surface area contributed by atoms with Crippen molar-refractivity contribution in [2.24, 2.45) is 5.73 Å². The van der Waals surface area contributed by atoms with E-state index in [1.807, 2.05) is 62.5 Å². The first-order valence-corrected chi connectivity index (χ1v) is 11.5. The Morgan fingerprint density at radius 1 is 1.14 bits per heavy atom. The first-order chi connectivity index (χ1) is 16.8. The molecule has 0 bridgehead atoms. The number of nitriles is 1. The number of rotatable bonds is 3. The average Bonchev–Trinajstić information content (AvgIpc) is 3.56. The van der Waals surface area contributed by atoms with E-state index in [4.69, 9.17) is 15.7 Å². The largest absolute Gasteiger partial charge is 0.442 e. The second-order valence-corrected chi connectivity index (χ2v) is 9.67. The van der Waals surface area contributed by atoms with Crippen LogP contribution in [0.4, 0.5) is 10.5 Å². The molecule has 1 saturated heterocycles. The van der Waals surface area contributed by atoms with E-state index in [1.165, 1.54) is 0 Å². The van der Waals surface area contributed by atoms with Crippen molar-refractivity contribution in [3.8, 4) is 34.4 Å². The summed E-state index contributed by atoms with van der Waals surface area (Å²) in [4.78, 5) is 18.9. The van der Waals surface area contributed by atoms with Gasteiger partial charge in [-0.1, -0.05) is 12.1 Å². The van der Waals surface area contributed by atoms with Gasteiger partial charge in [-0.3, -0.25) is 9.47 Å². The number of aromatic nitrogens is 3. The van der Waals surface area contributed by atoms with Crippen molar-refractivity contribution in [3.05, 3.63) is 78.2 Å². The van der Waals surface area contributed by atoms with Gasteiger partial charge >= 0.3 is 6.09 Å². The third-order valence-electron chi connectivity index (χ3n) is 6.73. The van der Waals surface area contributed by atoms with Crippen molar-refractivity contribution in [1.82, 2.24) is 14.1 Å². The molecule has 2 aliphatic heterocycles. The number of benzene rings is 2. The van der Waals surface area contributed by atoms with Crippen LogP contribution < -0.4 is 10.6 Å². The van der Waals surface area contributed by atoms with Crippen molar-refractivity contribution >= 4 is 11.8 Å². The number of fused-ring (bicyclic) bond motifs is 5. The van der Waals surface area contributed by atoms with Gasteiger partial charge in [-0.15, -0.1) is 0 Å². The minimum absolute atomic E-state index is 0.375. The van der Waals surface area contributed by atoms with E-state index >= 15 is 0 Å². The van der Waals surface area contributed by atoms with E-state index in [0.717, 1.165) is 39.6 Å². The molecule has 6 rings (SSSR count). The molecule has 4 heterocycles. The summed E-state index contributed by atoms with van der Waals surface area (Å²) in [6.07, 6.45) is 5.10. The van der Waals surface area contributed by atoms with Gasteiger partial charge in [0, 0.05) is 41.9 Å². The van der Waals surface area contributed by atoms with Gasteiger partial charge in [0.1, 0.15) is 6.10 Å².